The van der Waals surface area contributed by atoms with Gasteiger partial charge < -0.3 is 0 Å². The Labute approximate surface area is 192 Å². The van der Waals surface area contributed by atoms with Gasteiger partial charge in [0.05, 0.1) is 27.9 Å². The molecule has 3 rings (SSSR count). The highest BCUT2D eigenvalue weighted by Gasteiger charge is 2.27. The smallest absolute Gasteiger partial charge is 0.263 e. The second kappa shape index (κ2) is 10.5. The van der Waals surface area contributed by atoms with Gasteiger partial charge in [-0.1, -0.05) is 54.6 Å². The molecule has 0 radical (unpaired) electrons. The summed E-state index contributed by atoms with van der Waals surface area (Å²) in [5, 5.41) is 0. The highest BCUT2D eigenvalue weighted by Crippen LogP contribution is 2.19. The molecular formula is C21H20O9S3. The molecular weight excluding hydrogens is 492 g/mol. The van der Waals surface area contributed by atoms with Crippen LogP contribution in [0.25, 0.3) is 0 Å². The van der Waals surface area contributed by atoms with Gasteiger partial charge in [0.25, 0.3) is 30.4 Å². The Morgan fingerprint density at radius 3 is 1.12 bits per heavy atom. The largest absolute Gasteiger partial charge is 0.297 e. The summed E-state index contributed by atoms with van der Waals surface area (Å²) in [6.45, 7) is -1.62. The van der Waals surface area contributed by atoms with E-state index in [1.54, 1.807) is 18.2 Å². The summed E-state index contributed by atoms with van der Waals surface area (Å²) >= 11 is 0. The van der Waals surface area contributed by atoms with Crippen molar-refractivity contribution >= 4 is 30.4 Å². The van der Waals surface area contributed by atoms with Gasteiger partial charge in [0, 0.05) is 0 Å². The summed E-state index contributed by atoms with van der Waals surface area (Å²) in [6, 6.07) is 21.4. The lowest BCUT2D eigenvalue weighted by Crippen LogP contribution is -2.31. The van der Waals surface area contributed by atoms with Gasteiger partial charge in [-0.15, -0.1) is 0 Å². The van der Waals surface area contributed by atoms with E-state index in [9.17, 15) is 25.3 Å². The zero-order valence-corrected chi connectivity index (χ0v) is 19.5. The molecule has 0 amide bonds. The van der Waals surface area contributed by atoms with E-state index in [2.05, 4.69) is 0 Å². The van der Waals surface area contributed by atoms with Crippen molar-refractivity contribution in [2.45, 2.75) is 20.8 Å². The number of hydrogen-bond donors (Lipinski definition) is 0. The molecule has 0 bridgehead atoms. The minimum Gasteiger partial charge on any atom is -0.263 e. The Kier molecular flexibility index (Phi) is 8.00. The normalized spacial score (nSPS) is 12.6. The molecule has 0 N–H and O–H groups in total. The summed E-state index contributed by atoms with van der Waals surface area (Å²) in [6.07, 6.45) is -1.59. The molecule has 0 saturated carbocycles. The molecule has 12 heteroatoms. The lowest BCUT2D eigenvalue weighted by molar-refractivity contribution is 0.0909. The van der Waals surface area contributed by atoms with Crippen LogP contribution in [0.4, 0.5) is 0 Å². The Morgan fingerprint density at radius 2 is 0.788 bits per heavy atom. The Balaban J connectivity index is 1.80. The minimum atomic E-state index is -4.37. The molecule has 0 atom stereocenters. The van der Waals surface area contributed by atoms with Crippen LogP contribution in [0.2, 0.25) is 0 Å². The molecule has 0 aliphatic carbocycles. The molecule has 0 unspecified atom stereocenters. The van der Waals surface area contributed by atoms with E-state index in [1.165, 1.54) is 72.8 Å². The van der Waals surface area contributed by atoms with Crippen molar-refractivity contribution in [3.05, 3.63) is 91.0 Å². The van der Waals surface area contributed by atoms with Gasteiger partial charge in [-0.2, -0.15) is 25.3 Å². The van der Waals surface area contributed by atoms with E-state index < -0.39 is 49.7 Å². The fourth-order valence-corrected chi connectivity index (χ4v) is 5.55. The average molecular weight is 513 g/mol. The van der Waals surface area contributed by atoms with Crippen molar-refractivity contribution in [2.24, 2.45) is 0 Å². The van der Waals surface area contributed by atoms with Crippen LogP contribution in [0, 0.1) is 0 Å². The summed E-state index contributed by atoms with van der Waals surface area (Å²) in [7, 11) is -12.9. The Morgan fingerprint density at radius 1 is 0.485 bits per heavy atom. The average Bonchev–Trinajstić information content (AvgIpc) is 2.82. The van der Waals surface area contributed by atoms with Gasteiger partial charge in [0.15, 0.2) is 0 Å². The van der Waals surface area contributed by atoms with Gasteiger partial charge in [-0.3, -0.25) is 12.5 Å². The molecule has 33 heavy (non-hydrogen) atoms. The summed E-state index contributed by atoms with van der Waals surface area (Å²) in [4.78, 5) is -0.521. The van der Waals surface area contributed by atoms with Crippen LogP contribution in [0.15, 0.2) is 106 Å². The molecule has 3 aromatic carbocycles. The van der Waals surface area contributed by atoms with Crippen molar-refractivity contribution in [1.82, 2.24) is 0 Å². The Bertz CT molecular complexity index is 1280. The van der Waals surface area contributed by atoms with Crippen LogP contribution in [-0.4, -0.2) is 44.6 Å². The van der Waals surface area contributed by atoms with E-state index >= 15 is 0 Å². The topological polar surface area (TPSA) is 130 Å². The van der Waals surface area contributed by atoms with E-state index in [0.29, 0.717) is 0 Å². The van der Waals surface area contributed by atoms with Crippen molar-refractivity contribution in [3.8, 4) is 0 Å². The highest BCUT2D eigenvalue weighted by molar-refractivity contribution is 7.87. The summed E-state index contributed by atoms with van der Waals surface area (Å²) < 4.78 is 89.8. The summed E-state index contributed by atoms with van der Waals surface area (Å²) in [5.74, 6) is 0. The maximum Gasteiger partial charge on any atom is 0.297 e. The van der Waals surface area contributed by atoms with Crippen LogP contribution < -0.4 is 0 Å². The molecule has 3 aromatic rings. The third-order valence-electron chi connectivity index (χ3n) is 4.18. The van der Waals surface area contributed by atoms with Crippen molar-refractivity contribution in [3.63, 3.8) is 0 Å². The molecule has 0 aliphatic rings. The highest BCUT2D eigenvalue weighted by atomic mass is 32.2. The lowest BCUT2D eigenvalue weighted by Gasteiger charge is -2.18. The van der Waals surface area contributed by atoms with Crippen LogP contribution in [-0.2, 0) is 42.9 Å². The van der Waals surface area contributed by atoms with E-state index in [4.69, 9.17) is 12.5 Å². The first-order valence-electron chi connectivity index (χ1n) is 9.47. The molecule has 0 spiro atoms. The predicted molar refractivity (Wildman–Crippen MR) is 118 cm³/mol. The van der Waals surface area contributed by atoms with Crippen molar-refractivity contribution in [1.29, 1.82) is 0 Å². The maximum atomic E-state index is 12.6. The molecule has 0 fully saturated rings. The van der Waals surface area contributed by atoms with Crippen LogP contribution >= 0.6 is 0 Å². The van der Waals surface area contributed by atoms with E-state index in [0.717, 1.165) is 0 Å². The zero-order valence-electron chi connectivity index (χ0n) is 17.1. The number of rotatable bonds is 11. The van der Waals surface area contributed by atoms with E-state index in [1.807, 2.05) is 0 Å². The Hall–Kier alpha value is -2.61. The monoisotopic (exact) mass is 512 g/mol. The third kappa shape index (κ3) is 6.93. The number of hydrogen-bond acceptors (Lipinski definition) is 9. The van der Waals surface area contributed by atoms with Crippen LogP contribution in [0.1, 0.15) is 0 Å². The van der Waals surface area contributed by atoms with Crippen LogP contribution in [0.3, 0.4) is 0 Å². The molecule has 0 aromatic heterocycles. The molecule has 0 aliphatic heterocycles. The fourth-order valence-electron chi connectivity index (χ4n) is 2.57. The first-order chi connectivity index (χ1) is 15.6. The van der Waals surface area contributed by atoms with Gasteiger partial charge in [-0.05, 0) is 36.4 Å². The van der Waals surface area contributed by atoms with Gasteiger partial charge >= 0.3 is 0 Å². The molecule has 0 saturated heterocycles. The molecule has 176 valence electrons. The first kappa shape index (κ1) is 25.0. The second-order valence-electron chi connectivity index (χ2n) is 6.59. The molecule has 9 nitrogen and oxygen atoms in total. The van der Waals surface area contributed by atoms with Gasteiger partial charge in [-0.25, -0.2) is 0 Å². The SMILES string of the molecule is O=S(=O)(OCC(COS(=O)(=O)c1ccccc1)OS(=O)(=O)c1ccccc1)c1ccccc1. The minimum absolute atomic E-state index is 0.160. The number of benzene rings is 3. The standard InChI is InChI=1S/C21H20O9S3/c22-31(23,19-10-4-1-5-11-19)28-16-18(30-33(26,27)21-14-8-3-9-15-21)17-29-32(24,25)20-12-6-2-7-13-20/h1-15,18H,16-17H2. The third-order valence-corrected chi connectivity index (χ3v) is 8.14. The second-order valence-corrected chi connectivity index (χ2v) is 11.4. The van der Waals surface area contributed by atoms with Crippen molar-refractivity contribution in [2.75, 3.05) is 13.2 Å². The zero-order chi connectivity index (χ0) is 24.0. The lowest BCUT2D eigenvalue weighted by atomic mass is 10.4. The van der Waals surface area contributed by atoms with Crippen LogP contribution in [0.5, 0.6) is 0 Å². The van der Waals surface area contributed by atoms with E-state index in [-0.39, 0.29) is 14.7 Å². The quantitative estimate of drug-likeness (QED) is 0.356. The fraction of sp³-hybridized carbons (Fsp3) is 0.143. The van der Waals surface area contributed by atoms with Gasteiger partial charge in [0.2, 0.25) is 0 Å². The van der Waals surface area contributed by atoms with Gasteiger partial charge in [0.1, 0.15) is 6.10 Å². The molecule has 0 heterocycles. The summed E-state index contributed by atoms with van der Waals surface area (Å²) in [5.41, 5.74) is 0. The maximum absolute atomic E-state index is 12.6. The first-order valence-corrected chi connectivity index (χ1v) is 13.7. The van der Waals surface area contributed by atoms with Crippen molar-refractivity contribution < 1.29 is 37.8 Å². The predicted octanol–water partition coefficient (Wildman–Crippen LogP) is 2.57.